The van der Waals surface area contributed by atoms with E-state index in [1.54, 1.807) is 0 Å². The molecule has 0 aliphatic carbocycles. The lowest BCUT2D eigenvalue weighted by molar-refractivity contribution is 0.381. The van der Waals surface area contributed by atoms with Crippen molar-refractivity contribution in [2.45, 2.75) is 19.4 Å². The molecule has 1 saturated heterocycles. The number of pyridine rings is 1. The maximum atomic E-state index is 4.11. The Balaban J connectivity index is 2.28. The van der Waals surface area contributed by atoms with Gasteiger partial charge in [0.1, 0.15) is 0 Å². The Kier molecular flexibility index (Phi) is 1.62. The van der Waals surface area contributed by atoms with Crippen LogP contribution in [0.4, 0.5) is 0 Å². The first-order chi connectivity index (χ1) is 5.38. The topological polar surface area (TPSA) is 24.9 Å². The summed E-state index contributed by atoms with van der Waals surface area (Å²) in [5, 5.41) is 3.36. The molecule has 2 nitrogen and oxygen atoms in total. The van der Waals surface area contributed by atoms with Gasteiger partial charge in [-0.2, -0.15) is 0 Å². The van der Waals surface area contributed by atoms with Crippen molar-refractivity contribution in [2.24, 2.45) is 0 Å². The van der Waals surface area contributed by atoms with Gasteiger partial charge >= 0.3 is 0 Å². The van der Waals surface area contributed by atoms with Crippen LogP contribution in [0.5, 0.6) is 0 Å². The summed E-state index contributed by atoms with van der Waals surface area (Å²) < 4.78 is 0. The Bertz CT molecular complexity index is 253. The molecule has 0 spiro atoms. The van der Waals surface area contributed by atoms with Crippen LogP contribution in [0, 0.1) is 6.92 Å². The molecule has 2 heterocycles. The molecular formula is C9H12N2. The van der Waals surface area contributed by atoms with E-state index in [1.807, 2.05) is 12.4 Å². The van der Waals surface area contributed by atoms with Gasteiger partial charge in [0, 0.05) is 18.4 Å². The third-order valence-corrected chi connectivity index (χ3v) is 2.28. The normalized spacial score (nSPS) is 22.8. The Morgan fingerprint density at radius 2 is 2.45 bits per heavy atom. The highest BCUT2D eigenvalue weighted by atomic mass is 15.0. The van der Waals surface area contributed by atoms with Gasteiger partial charge in [-0.15, -0.1) is 0 Å². The fraction of sp³-hybridized carbons (Fsp3) is 0.444. The van der Waals surface area contributed by atoms with Crippen LogP contribution in [0.15, 0.2) is 18.5 Å². The largest absolute Gasteiger partial charge is 0.310 e. The maximum absolute atomic E-state index is 4.11. The van der Waals surface area contributed by atoms with Crippen LogP contribution in [0.1, 0.15) is 23.6 Å². The molecule has 1 atom stereocenters. The number of hydrogen-bond acceptors (Lipinski definition) is 2. The van der Waals surface area contributed by atoms with E-state index in [-0.39, 0.29) is 0 Å². The van der Waals surface area contributed by atoms with E-state index in [0.717, 1.165) is 6.54 Å². The van der Waals surface area contributed by atoms with E-state index in [1.165, 1.54) is 17.5 Å². The molecule has 0 unspecified atom stereocenters. The molecule has 0 radical (unpaired) electrons. The van der Waals surface area contributed by atoms with Gasteiger partial charge in [0.05, 0.1) is 0 Å². The van der Waals surface area contributed by atoms with Crippen LogP contribution in [0.25, 0.3) is 0 Å². The number of nitrogens with one attached hydrogen (secondary N) is 1. The lowest BCUT2D eigenvalue weighted by Crippen LogP contribution is -2.35. The molecule has 1 N–H and O–H groups in total. The van der Waals surface area contributed by atoms with Gasteiger partial charge in [0.2, 0.25) is 0 Å². The monoisotopic (exact) mass is 148 g/mol. The summed E-state index contributed by atoms with van der Waals surface area (Å²) in [7, 11) is 0. The third-order valence-electron chi connectivity index (χ3n) is 2.28. The van der Waals surface area contributed by atoms with Gasteiger partial charge in [-0.1, -0.05) is 0 Å². The molecule has 1 aliphatic rings. The highest BCUT2D eigenvalue weighted by Gasteiger charge is 2.19. The van der Waals surface area contributed by atoms with Gasteiger partial charge < -0.3 is 5.32 Å². The van der Waals surface area contributed by atoms with Crippen molar-refractivity contribution in [2.75, 3.05) is 6.54 Å². The van der Waals surface area contributed by atoms with E-state index in [2.05, 4.69) is 23.3 Å². The fourth-order valence-corrected chi connectivity index (χ4v) is 1.40. The average molecular weight is 148 g/mol. The lowest BCUT2D eigenvalue weighted by atomic mass is 9.96. The zero-order valence-corrected chi connectivity index (χ0v) is 6.67. The van der Waals surface area contributed by atoms with E-state index in [9.17, 15) is 0 Å². The second kappa shape index (κ2) is 2.62. The molecular weight excluding hydrogens is 136 g/mol. The third kappa shape index (κ3) is 1.14. The Hall–Kier alpha value is -0.890. The summed E-state index contributed by atoms with van der Waals surface area (Å²) >= 11 is 0. The summed E-state index contributed by atoms with van der Waals surface area (Å²) in [5.41, 5.74) is 2.70. The van der Waals surface area contributed by atoms with Crippen molar-refractivity contribution in [1.82, 2.24) is 10.3 Å². The summed E-state index contributed by atoms with van der Waals surface area (Å²) in [5.74, 6) is 0. The quantitative estimate of drug-likeness (QED) is 0.651. The summed E-state index contributed by atoms with van der Waals surface area (Å²) in [6.07, 6.45) is 5.07. The highest BCUT2D eigenvalue weighted by molar-refractivity contribution is 5.26. The molecule has 1 fully saturated rings. The smallest absolute Gasteiger partial charge is 0.0350 e. The maximum Gasteiger partial charge on any atom is 0.0350 e. The summed E-state index contributed by atoms with van der Waals surface area (Å²) in [6.45, 7) is 3.29. The van der Waals surface area contributed by atoms with E-state index < -0.39 is 0 Å². The van der Waals surface area contributed by atoms with Crippen LogP contribution >= 0.6 is 0 Å². The van der Waals surface area contributed by atoms with Crippen molar-refractivity contribution in [3.63, 3.8) is 0 Å². The van der Waals surface area contributed by atoms with Crippen molar-refractivity contribution in [3.8, 4) is 0 Å². The first kappa shape index (κ1) is 6.80. The number of nitrogens with zero attached hydrogens (tertiary/aromatic N) is 1. The molecule has 1 aromatic rings. The van der Waals surface area contributed by atoms with Gasteiger partial charge in [-0.3, -0.25) is 4.98 Å². The first-order valence-corrected chi connectivity index (χ1v) is 4.02. The van der Waals surface area contributed by atoms with Crippen LogP contribution < -0.4 is 5.32 Å². The van der Waals surface area contributed by atoms with Gasteiger partial charge in [0.15, 0.2) is 0 Å². The molecule has 1 aliphatic heterocycles. The molecule has 0 amide bonds. The number of hydrogen-bond donors (Lipinski definition) is 1. The molecule has 11 heavy (non-hydrogen) atoms. The van der Waals surface area contributed by atoms with E-state index in [4.69, 9.17) is 0 Å². The molecule has 0 aromatic carbocycles. The molecule has 58 valence electrons. The van der Waals surface area contributed by atoms with Gasteiger partial charge in [-0.05, 0) is 37.1 Å². The predicted octanol–water partition coefficient (Wildman–Crippen LogP) is 1.42. The first-order valence-electron chi connectivity index (χ1n) is 4.02. The number of aryl methyl sites for hydroxylation is 1. The van der Waals surface area contributed by atoms with Crippen LogP contribution in [0.2, 0.25) is 0 Å². The summed E-state index contributed by atoms with van der Waals surface area (Å²) in [6, 6.07) is 2.64. The summed E-state index contributed by atoms with van der Waals surface area (Å²) in [4.78, 5) is 4.11. The van der Waals surface area contributed by atoms with Crippen LogP contribution in [0.3, 0.4) is 0 Å². The Labute approximate surface area is 66.7 Å². The minimum absolute atomic E-state index is 0.573. The van der Waals surface area contributed by atoms with Crippen molar-refractivity contribution < 1.29 is 0 Å². The Morgan fingerprint density at radius 3 is 3.00 bits per heavy atom. The van der Waals surface area contributed by atoms with E-state index >= 15 is 0 Å². The highest BCUT2D eigenvalue weighted by Crippen LogP contribution is 2.24. The molecule has 1 aromatic heterocycles. The van der Waals surface area contributed by atoms with Gasteiger partial charge in [-0.25, -0.2) is 0 Å². The fourth-order valence-electron chi connectivity index (χ4n) is 1.40. The van der Waals surface area contributed by atoms with Crippen molar-refractivity contribution in [3.05, 3.63) is 29.6 Å². The second-order valence-electron chi connectivity index (χ2n) is 3.03. The standard InChI is InChI=1S/C9H12N2/c1-7-2-4-10-6-8(7)9-3-5-11-9/h2,4,6,9,11H,3,5H2,1H3/t9-/m0/s1. The second-order valence-corrected chi connectivity index (χ2v) is 3.03. The zero-order valence-electron chi connectivity index (χ0n) is 6.67. The van der Waals surface area contributed by atoms with Crippen LogP contribution in [-0.4, -0.2) is 11.5 Å². The van der Waals surface area contributed by atoms with Gasteiger partial charge in [0.25, 0.3) is 0 Å². The van der Waals surface area contributed by atoms with Crippen LogP contribution in [-0.2, 0) is 0 Å². The molecule has 2 rings (SSSR count). The Morgan fingerprint density at radius 1 is 1.64 bits per heavy atom. The average Bonchev–Trinajstić information content (AvgIpc) is 1.90. The number of aromatic nitrogens is 1. The SMILES string of the molecule is Cc1ccncc1[C@@H]1CCN1. The molecule has 2 heteroatoms. The van der Waals surface area contributed by atoms with Crippen molar-refractivity contribution >= 4 is 0 Å². The minimum Gasteiger partial charge on any atom is -0.310 e. The zero-order chi connectivity index (χ0) is 7.68. The molecule has 0 bridgehead atoms. The van der Waals surface area contributed by atoms with E-state index in [0.29, 0.717) is 6.04 Å². The number of rotatable bonds is 1. The van der Waals surface area contributed by atoms with Crippen molar-refractivity contribution in [1.29, 1.82) is 0 Å². The minimum atomic E-state index is 0.573. The lowest BCUT2D eigenvalue weighted by Gasteiger charge is -2.28. The predicted molar refractivity (Wildman–Crippen MR) is 44.3 cm³/mol. The molecule has 0 saturated carbocycles.